The fourth-order valence-electron chi connectivity index (χ4n) is 4.72. The highest BCUT2D eigenvalue weighted by Crippen LogP contribution is 2.41. The molecule has 0 unspecified atom stereocenters. The van der Waals surface area contributed by atoms with E-state index in [-0.39, 0.29) is 11.2 Å². The molecule has 0 N–H and O–H groups in total. The number of ether oxygens (including phenoxy) is 1. The SMILES string of the molecule is Cc1c(N2CCC3(CC2)Cc2ccccc2O3)nc(C)n(-c2cccc(Cl)c2Cl)c1=O. The molecular formula is C24H23Cl2N3O2. The van der Waals surface area contributed by atoms with Crippen LogP contribution in [0.2, 0.25) is 10.0 Å². The molecule has 0 saturated carbocycles. The summed E-state index contributed by atoms with van der Waals surface area (Å²) in [6.45, 7) is 5.24. The van der Waals surface area contributed by atoms with Crippen molar-refractivity contribution in [3.8, 4) is 11.4 Å². The quantitative estimate of drug-likeness (QED) is 0.537. The van der Waals surface area contributed by atoms with Crippen LogP contribution in [0.25, 0.3) is 5.69 Å². The van der Waals surface area contributed by atoms with Crippen molar-refractivity contribution in [3.05, 3.63) is 79.8 Å². The lowest BCUT2D eigenvalue weighted by Crippen LogP contribution is -2.48. The number of rotatable bonds is 2. The van der Waals surface area contributed by atoms with E-state index in [1.165, 1.54) is 10.1 Å². The number of benzene rings is 2. The first-order valence-electron chi connectivity index (χ1n) is 10.5. The zero-order valence-electron chi connectivity index (χ0n) is 17.5. The summed E-state index contributed by atoms with van der Waals surface area (Å²) in [5.74, 6) is 2.32. The highest BCUT2D eigenvalue weighted by Gasteiger charge is 2.42. The monoisotopic (exact) mass is 455 g/mol. The molecule has 5 rings (SSSR count). The topological polar surface area (TPSA) is 47.4 Å². The van der Waals surface area contributed by atoms with Gasteiger partial charge in [-0.25, -0.2) is 4.98 Å². The summed E-state index contributed by atoms with van der Waals surface area (Å²) in [6, 6.07) is 13.5. The number of aromatic nitrogens is 2. The van der Waals surface area contributed by atoms with Gasteiger partial charge in [-0.2, -0.15) is 0 Å². The standard InChI is InChI=1S/C24H23Cl2N3O2/c1-15-22(27-16(2)29(23(15)30)19-8-5-7-18(25)21(19)26)28-12-10-24(11-13-28)14-17-6-3-4-9-20(17)31-24/h3-9H,10-14H2,1-2H3. The number of hydrogen-bond acceptors (Lipinski definition) is 4. The van der Waals surface area contributed by atoms with E-state index < -0.39 is 0 Å². The third-order valence-corrected chi connectivity index (χ3v) is 7.22. The fourth-order valence-corrected chi connectivity index (χ4v) is 5.10. The highest BCUT2D eigenvalue weighted by atomic mass is 35.5. The molecule has 3 heterocycles. The van der Waals surface area contributed by atoms with Crippen LogP contribution in [0, 0.1) is 13.8 Å². The lowest BCUT2D eigenvalue weighted by molar-refractivity contribution is 0.0666. The predicted molar refractivity (Wildman–Crippen MR) is 124 cm³/mol. The van der Waals surface area contributed by atoms with E-state index in [0.29, 0.717) is 27.1 Å². The van der Waals surface area contributed by atoms with Crippen LogP contribution in [0.5, 0.6) is 5.75 Å². The number of piperidine rings is 1. The summed E-state index contributed by atoms with van der Waals surface area (Å²) in [4.78, 5) is 20.3. The van der Waals surface area contributed by atoms with E-state index >= 15 is 0 Å². The number of hydrogen-bond donors (Lipinski definition) is 0. The first kappa shape index (κ1) is 20.4. The van der Waals surface area contributed by atoms with Gasteiger partial charge in [-0.1, -0.05) is 47.5 Å². The summed E-state index contributed by atoms with van der Waals surface area (Å²) in [7, 11) is 0. The Balaban J connectivity index is 1.43. The third-order valence-electron chi connectivity index (χ3n) is 6.41. The average molecular weight is 456 g/mol. The van der Waals surface area contributed by atoms with E-state index in [9.17, 15) is 4.79 Å². The van der Waals surface area contributed by atoms with Crippen molar-refractivity contribution in [2.24, 2.45) is 0 Å². The van der Waals surface area contributed by atoms with Crippen molar-refractivity contribution < 1.29 is 4.74 Å². The van der Waals surface area contributed by atoms with Crippen molar-refractivity contribution in [2.45, 2.75) is 38.7 Å². The van der Waals surface area contributed by atoms with Crippen LogP contribution in [0.3, 0.4) is 0 Å². The second-order valence-corrected chi connectivity index (χ2v) is 9.16. The number of fused-ring (bicyclic) bond motifs is 1. The van der Waals surface area contributed by atoms with Crippen molar-refractivity contribution in [2.75, 3.05) is 18.0 Å². The smallest absolute Gasteiger partial charge is 0.263 e. The predicted octanol–water partition coefficient (Wildman–Crippen LogP) is 5.13. The Morgan fingerprint density at radius 2 is 1.77 bits per heavy atom. The largest absolute Gasteiger partial charge is 0.487 e. The Hall–Kier alpha value is -2.50. The van der Waals surface area contributed by atoms with Gasteiger partial charge in [-0.3, -0.25) is 9.36 Å². The first-order valence-corrected chi connectivity index (χ1v) is 11.2. The second-order valence-electron chi connectivity index (χ2n) is 8.38. The maximum Gasteiger partial charge on any atom is 0.263 e. The van der Waals surface area contributed by atoms with E-state index in [4.69, 9.17) is 32.9 Å². The van der Waals surface area contributed by atoms with Gasteiger partial charge in [0.1, 0.15) is 23.0 Å². The molecule has 1 fully saturated rings. The molecule has 5 nitrogen and oxygen atoms in total. The molecule has 0 aliphatic carbocycles. The maximum atomic E-state index is 13.3. The van der Waals surface area contributed by atoms with Crippen LogP contribution in [0.15, 0.2) is 47.3 Å². The Labute approximate surface area is 191 Å². The normalized spacial score (nSPS) is 17.0. The minimum atomic E-state index is -0.146. The summed E-state index contributed by atoms with van der Waals surface area (Å²) in [5.41, 5.74) is 2.16. The molecular weight excluding hydrogens is 433 g/mol. The third kappa shape index (κ3) is 3.40. The van der Waals surface area contributed by atoms with Crippen LogP contribution in [0.4, 0.5) is 5.82 Å². The van der Waals surface area contributed by atoms with Gasteiger partial charge < -0.3 is 9.64 Å². The molecule has 2 aliphatic rings. The van der Waals surface area contributed by atoms with Gasteiger partial charge in [0.2, 0.25) is 0 Å². The van der Waals surface area contributed by atoms with Gasteiger partial charge >= 0.3 is 0 Å². The number of anilines is 1. The Kier molecular flexibility index (Phi) is 4.98. The molecule has 1 saturated heterocycles. The second kappa shape index (κ2) is 7.57. The molecule has 1 aromatic heterocycles. The van der Waals surface area contributed by atoms with Gasteiger partial charge in [-0.15, -0.1) is 0 Å². The molecule has 0 radical (unpaired) electrons. The van der Waals surface area contributed by atoms with Gasteiger partial charge in [0.05, 0.1) is 21.3 Å². The van der Waals surface area contributed by atoms with Crippen LogP contribution >= 0.6 is 23.2 Å². The van der Waals surface area contributed by atoms with Crippen LogP contribution < -0.4 is 15.2 Å². The van der Waals surface area contributed by atoms with E-state index in [0.717, 1.165) is 43.9 Å². The molecule has 7 heteroatoms. The number of nitrogens with zero attached hydrogens (tertiary/aromatic N) is 3. The fraction of sp³-hybridized carbons (Fsp3) is 0.333. The molecule has 0 amide bonds. The molecule has 2 aliphatic heterocycles. The minimum Gasteiger partial charge on any atom is -0.487 e. The molecule has 2 aromatic carbocycles. The Morgan fingerprint density at radius 3 is 2.52 bits per heavy atom. The number of para-hydroxylation sites is 1. The zero-order valence-corrected chi connectivity index (χ0v) is 19.0. The lowest BCUT2D eigenvalue weighted by atomic mass is 9.87. The van der Waals surface area contributed by atoms with Crippen LogP contribution in [0.1, 0.15) is 29.8 Å². The van der Waals surface area contributed by atoms with Gasteiger partial charge in [0.15, 0.2) is 0 Å². The first-order chi connectivity index (χ1) is 14.9. The average Bonchev–Trinajstić information content (AvgIpc) is 3.12. The maximum absolute atomic E-state index is 13.3. The highest BCUT2D eigenvalue weighted by molar-refractivity contribution is 6.43. The Morgan fingerprint density at radius 1 is 1.03 bits per heavy atom. The van der Waals surface area contributed by atoms with Crippen molar-refractivity contribution in [3.63, 3.8) is 0 Å². The zero-order chi connectivity index (χ0) is 21.8. The molecule has 31 heavy (non-hydrogen) atoms. The lowest BCUT2D eigenvalue weighted by Gasteiger charge is -2.39. The van der Waals surface area contributed by atoms with E-state index in [2.05, 4.69) is 17.0 Å². The molecule has 160 valence electrons. The summed E-state index contributed by atoms with van der Waals surface area (Å²) >= 11 is 12.5. The van der Waals surface area contributed by atoms with Gasteiger partial charge in [0.25, 0.3) is 5.56 Å². The minimum absolute atomic E-state index is 0.128. The molecule has 1 spiro atoms. The summed E-state index contributed by atoms with van der Waals surface area (Å²) in [5, 5.41) is 0.757. The van der Waals surface area contributed by atoms with Gasteiger partial charge in [0, 0.05) is 32.4 Å². The van der Waals surface area contributed by atoms with E-state index in [1.54, 1.807) is 18.2 Å². The van der Waals surface area contributed by atoms with Gasteiger partial charge in [-0.05, 0) is 37.6 Å². The summed E-state index contributed by atoms with van der Waals surface area (Å²) < 4.78 is 7.90. The molecule has 0 bridgehead atoms. The molecule has 3 aromatic rings. The van der Waals surface area contributed by atoms with Crippen LogP contribution in [-0.2, 0) is 6.42 Å². The van der Waals surface area contributed by atoms with Crippen molar-refractivity contribution >= 4 is 29.0 Å². The molecule has 0 atom stereocenters. The Bertz CT molecular complexity index is 1200. The number of aryl methyl sites for hydroxylation is 1. The summed E-state index contributed by atoms with van der Waals surface area (Å²) in [6.07, 6.45) is 2.73. The van der Waals surface area contributed by atoms with E-state index in [1.807, 2.05) is 26.0 Å². The van der Waals surface area contributed by atoms with Crippen molar-refractivity contribution in [1.82, 2.24) is 9.55 Å². The number of halogens is 2. The van der Waals surface area contributed by atoms with Crippen LogP contribution in [-0.4, -0.2) is 28.2 Å². The van der Waals surface area contributed by atoms with Crippen molar-refractivity contribution in [1.29, 1.82) is 0 Å².